The first-order valence-electron chi connectivity index (χ1n) is 9.67. The van der Waals surface area contributed by atoms with Crippen LogP contribution in [0.25, 0.3) is 11.3 Å². The number of nitrogens with zero attached hydrogens (tertiary/aromatic N) is 4. The van der Waals surface area contributed by atoms with Crippen molar-refractivity contribution in [2.75, 3.05) is 25.0 Å². The van der Waals surface area contributed by atoms with Gasteiger partial charge in [0.25, 0.3) is 0 Å². The molecule has 0 amide bonds. The van der Waals surface area contributed by atoms with Gasteiger partial charge in [-0.1, -0.05) is 5.16 Å². The van der Waals surface area contributed by atoms with Gasteiger partial charge in [0.15, 0.2) is 5.76 Å². The highest BCUT2D eigenvalue weighted by molar-refractivity contribution is 5.57. The van der Waals surface area contributed by atoms with Gasteiger partial charge in [0, 0.05) is 48.8 Å². The van der Waals surface area contributed by atoms with Crippen LogP contribution in [0.5, 0.6) is 0 Å². The molecule has 4 rings (SSSR count). The molecule has 1 aliphatic rings. The zero-order valence-corrected chi connectivity index (χ0v) is 16.3. The van der Waals surface area contributed by atoms with Gasteiger partial charge in [0.05, 0.1) is 6.54 Å². The fourth-order valence-electron chi connectivity index (χ4n) is 3.93. The molecule has 0 atom stereocenters. The Balaban J connectivity index is 1.34. The predicted molar refractivity (Wildman–Crippen MR) is 108 cm³/mol. The number of hydrogen-bond donors (Lipinski definition) is 0. The highest BCUT2D eigenvalue weighted by atomic mass is 19.1. The van der Waals surface area contributed by atoms with Crippen molar-refractivity contribution >= 4 is 5.69 Å². The first-order valence-corrected chi connectivity index (χ1v) is 9.67. The smallest absolute Gasteiger partial charge is 0.151 e. The molecule has 0 radical (unpaired) electrons. The summed E-state index contributed by atoms with van der Waals surface area (Å²) in [6.45, 7) is 4.64. The molecule has 0 aliphatic carbocycles. The van der Waals surface area contributed by atoms with Crippen molar-refractivity contribution in [1.29, 1.82) is 0 Å². The number of pyridine rings is 1. The van der Waals surface area contributed by atoms with E-state index >= 15 is 0 Å². The largest absolute Gasteiger partial charge is 0.371 e. The fourth-order valence-corrected chi connectivity index (χ4v) is 3.93. The molecule has 1 fully saturated rings. The number of halogens is 1. The molecule has 0 spiro atoms. The Morgan fingerprint density at radius 3 is 2.75 bits per heavy atom. The van der Waals surface area contributed by atoms with Gasteiger partial charge in [-0.2, -0.15) is 0 Å². The predicted octanol–water partition coefficient (Wildman–Crippen LogP) is 4.28. The van der Waals surface area contributed by atoms with Gasteiger partial charge >= 0.3 is 0 Å². The van der Waals surface area contributed by atoms with E-state index in [0.29, 0.717) is 6.04 Å². The summed E-state index contributed by atoms with van der Waals surface area (Å²) in [5, 5.41) is 4.17. The highest BCUT2D eigenvalue weighted by Gasteiger charge is 2.24. The van der Waals surface area contributed by atoms with Gasteiger partial charge in [0.1, 0.15) is 11.5 Å². The molecule has 0 unspecified atom stereocenters. The molecule has 1 aromatic carbocycles. The standard InChI is InChI=1S/C22H25FN4O/c1-16-12-18(23)5-6-22(16)27-10-7-19(8-11-27)26(2)15-20-13-21(25-28-20)17-4-3-9-24-14-17/h3-6,9,12-14,19H,7-8,10-11,15H2,1-2H3. The van der Waals surface area contributed by atoms with Crippen molar-refractivity contribution < 1.29 is 8.91 Å². The molecule has 0 saturated carbocycles. The molecule has 5 nitrogen and oxygen atoms in total. The fraction of sp³-hybridized carbons (Fsp3) is 0.364. The third kappa shape index (κ3) is 4.07. The van der Waals surface area contributed by atoms with Crippen molar-refractivity contribution in [2.24, 2.45) is 0 Å². The van der Waals surface area contributed by atoms with Crippen LogP contribution in [0.3, 0.4) is 0 Å². The van der Waals surface area contributed by atoms with Gasteiger partial charge in [-0.3, -0.25) is 9.88 Å². The van der Waals surface area contributed by atoms with Crippen LogP contribution in [-0.4, -0.2) is 41.2 Å². The monoisotopic (exact) mass is 380 g/mol. The Hall–Kier alpha value is -2.73. The summed E-state index contributed by atoms with van der Waals surface area (Å²) < 4.78 is 18.9. The van der Waals surface area contributed by atoms with Crippen LogP contribution in [0, 0.1) is 12.7 Å². The van der Waals surface area contributed by atoms with Crippen LogP contribution < -0.4 is 4.90 Å². The number of piperidine rings is 1. The number of aryl methyl sites for hydroxylation is 1. The lowest BCUT2D eigenvalue weighted by molar-refractivity contribution is 0.180. The molecule has 1 aliphatic heterocycles. The second-order valence-electron chi connectivity index (χ2n) is 7.48. The summed E-state index contributed by atoms with van der Waals surface area (Å²) in [5.74, 6) is 0.687. The van der Waals surface area contributed by atoms with E-state index in [1.807, 2.05) is 31.2 Å². The van der Waals surface area contributed by atoms with E-state index in [1.54, 1.807) is 24.5 Å². The highest BCUT2D eigenvalue weighted by Crippen LogP contribution is 2.27. The maximum absolute atomic E-state index is 13.4. The van der Waals surface area contributed by atoms with Crippen molar-refractivity contribution in [1.82, 2.24) is 15.0 Å². The van der Waals surface area contributed by atoms with Gasteiger partial charge in [-0.15, -0.1) is 0 Å². The van der Waals surface area contributed by atoms with Gasteiger partial charge in [-0.05, 0) is 62.7 Å². The third-order valence-corrected chi connectivity index (χ3v) is 5.51. The topological polar surface area (TPSA) is 45.4 Å². The van der Waals surface area contributed by atoms with E-state index in [1.165, 1.54) is 0 Å². The first kappa shape index (κ1) is 18.6. The Morgan fingerprint density at radius 2 is 2.04 bits per heavy atom. The molecule has 28 heavy (non-hydrogen) atoms. The zero-order valence-electron chi connectivity index (χ0n) is 16.3. The quantitative estimate of drug-likeness (QED) is 0.661. The summed E-state index contributed by atoms with van der Waals surface area (Å²) in [4.78, 5) is 8.82. The van der Waals surface area contributed by atoms with Crippen LogP contribution in [0.15, 0.2) is 53.3 Å². The summed E-state index contributed by atoms with van der Waals surface area (Å²) >= 11 is 0. The Morgan fingerprint density at radius 1 is 1.21 bits per heavy atom. The van der Waals surface area contributed by atoms with E-state index in [2.05, 4.69) is 27.0 Å². The van der Waals surface area contributed by atoms with Crippen LogP contribution in [-0.2, 0) is 6.54 Å². The second kappa shape index (κ2) is 8.10. The Labute approximate surface area is 164 Å². The molecule has 3 heterocycles. The molecule has 0 bridgehead atoms. The maximum atomic E-state index is 13.4. The minimum atomic E-state index is -0.173. The second-order valence-corrected chi connectivity index (χ2v) is 7.48. The lowest BCUT2D eigenvalue weighted by Gasteiger charge is -2.38. The van der Waals surface area contributed by atoms with Crippen molar-refractivity contribution in [3.63, 3.8) is 0 Å². The van der Waals surface area contributed by atoms with Crippen LogP contribution in [0.1, 0.15) is 24.2 Å². The lowest BCUT2D eigenvalue weighted by atomic mass is 10.0. The maximum Gasteiger partial charge on any atom is 0.151 e. The van der Waals surface area contributed by atoms with E-state index < -0.39 is 0 Å². The van der Waals surface area contributed by atoms with Crippen molar-refractivity contribution in [3.05, 3.63) is 65.9 Å². The van der Waals surface area contributed by atoms with E-state index in [9.17, 15) is 4.39 Å². The SMILES string of the molecule is Cc1cc(F)ccc1N1CCC(N(C)Cc2cc(-c3cccnc3)no2)CC1. The molecule has 6 heteroatoms. The summed E-state index contributed by atoms with van der Waals surface area (Å²) in [7, 11) is 2.13. The third-order valence-electron chi connectivity index (χ3n) is 5.51. The van der Waals surface area contributed by atoms with Crippen LogP contribution >= 0.6 is 0 Å². The minimum Gasteiger partial charge on any atom is -0.371 e. The summed E-state index contributed by atoms with van der Waals surface area (Å²) in [6.07, 6.45) is 5.67. The number of aromatic nitrogens is 2. The van der Waals surface area contributed by atoms with E-state index in [4.69, 9.17) is 4.52 Å². The lowest BCUT2D eigenvalue weighted by Crippen LogP contribution is -2.43. The molecular weight excluding hydrogens is 355 g/mol. The van der Waals surface area contributed by atoms with Crippen LogP contribution in [0.4, 0.5) is 10.1 Å². The summed E-state index contributed by atoms with van der Waals surface area (Å²) in [6, 6.07) is 11.4. The van der Waals surface area contributed by atoms with Crippen LogP contribution in [0.2, 0.25) is 0 Å². The average molecular weight is 380 g/mol. The molecule has 0 N–H and O–H groups in total. The molecule has 146 valence electrons. The first-order chi connectivity index (χ1) is 13.6. The van der Waals surface area contributed by atoms with Gasteiger partial charge < -0.3 is 9.42 Å². The van der Waals surface area contributed by atoms with Crippen molar-refractivity contribution in [3.8, 4) is 11.3 Å². The zero-order chi connectivity index (χ0) is 19.5. The molecule has 2 aromatic heterocycles. The number of hydrogen-bond acceptors (Lipinski definition) is 5. The molecule has 1 saturated heterocycles. The Bertz CT molecular complexity index is 919. The normalized spacial score (nSPS) is 15.4. The number of rotatable bonds is 5. The van der Waals surface area contributed by atoms with E-state index in [0.717, 1.165) is 60.7 Å². The number of anilines is 1. The van der Waals surface area contributed by atoms with E-state index in [-0.39, 0.29) is 5.82 Å². The summed E-state index contributed by atoms with van der Waals surface area (Å²) in [5.41, 5.74) is 3.91. The van der Waals surface area contributed by atoms with Crippen molar-refractivity contribution in [2.45, 2.75) is 32.4 Å². The van der Waals surface area contributed by atoms with Gasteiger partial charge in [-0.25, -0.2) is 4.39 Å². The number of benzene rings is 1. The Kier molecular flexibility index (Phi) is 5.39. The van der Waals surface area contributed by atoms with Gasteiger partial charge in [0.2, 0.25) is 0 Å². The molecular formula is C22H25FN4O. The molecule has 3 aromatic rings. The minimum absolute atomic E-state index is 0.173. The average Bonchev–Trinajstić information content (AvgIpc) is 3.17.